The number of nitriles is 1. The molecule has 5 nitrogen and oxygen atoms in total. The lowest BCUT2D eigenvalue weighted by Crippen LogP contribution is -2.52. The number of para-hydroxylation sites is 1. The van der Waals surface area contributed by atoms with Crippen LogP contribution < -0.4 is 5.32 Å². The summed E-state index contributed by atoms with van der Waals surface area (Å²) in [5.74, 6) is -0.157. The molecular weight excluding hydrogens is 266 g/mol. The third-order valence-corrected chi connectivity index (χ3v) is 3.94. The van der Waals surface area contributed by atoms with Crippen molar-refractivity contribution >= 4 is 11.6 Å². The number of hydrogen-bond donors (Lipinski definition) is 2. The van der Waals surface area contributed by atoms with Crippen LogP contribution in [0.15, 0.2) is 24.3 Å². The van der Waals surface area contributed by atoms with Gasteiger partial charge >= 0.3 is 0 Å². The first-order valence-electron chi connectivity index (χ1n) is 7.19. The van der Waals surface area contributed by atoms with Crippen molar-refractivity contribution in [3.05, 3.63) is 29.8 Å². The van der Waals surface area contributed by atoms with E-state index in [4.69, 9.17) is 5.26 Å². The summed E-state index contributed by atoms with van der Waals surface area (Å²) in [5, 5.41) is 22.0. The molecular formula is C16H21N3O2. The van der Waals surface area contributed by atoms with Crippen molar-refractivity contribution in [1.82, 2.24) is 4.90 Å². The van der Waals surface area contributed by atoms with Gasteiger partial charge in [0.25, 0.3) is 0 Å². The fourth-order valence-electron chi connectivity index (χ4n) is 2.68. The maximum absolute atomic E-state index is 12.3. The molecule has 1 fully saturated rings. The third-order valence-electron chi connectivity index (χ3n) is 3.94. The Labute approximate surface area is 125 Å². The molecule has 0 bridgehead atoms. The first kappa shape index (κ1) is 15.5. The molecule has 21 heavy (non-hydrogen) atoms. The van der Waals surface area contributed by atoms with E-state index in [9.17, 15) is 9.90 Å². The van der Waals surface area contributed by atoms with E-state index in [0.717, 1.165) is 19.4 Å². The first-order chi connectivity index (χ1) is 9.93. The number of piperidine rings is 1. The Kier molecular flexibility index (Phi) is 4.61. The van der Waals surface area contributed by atoms with Gasteiger partial charge < -0.3 is 10.4 Å². The van der Waals surface area contributed by atoms with Crippen LogP contribution in [0.25, 0.3) is 0 Å². The lowest BCUT2D eigenvalue weighted by Gasteiger charge is -2.39. The van der Waals surface area contributed by atoms with Crippen LogP contribution in [0.1, 0.15) is 32.3 Å². The van der Waals surface area contributed by atoms with Gasteiger partial charge in [0.2, 0.25) is 5.91 Å². The van der Waals surface area contributed by atoms with Crippen LogP contribution in [0, 0.1) is 11.3 Å². The van der Waals surface area contributed by atoms with Crippen LogP contribution in [-0.2, 0) is 4.79 Å². The molecule has 1 aromatic rings. The number of hydrogen-bond acceptors (Lipinski definition) is 4. The van der Waals surface area contributed by atoms with Crippen molar-refractivity contribution in [1.29, 1.82) is 5.26 Å². The predicted octanol–water partition coefficient (Wildman–Crippen LogP) is 1.73. The van der Waals surface area contributed by atoms with Crippen molar-refractivity contribution in [2.45, 2.75) is 38.3 Å². The lowest BCUT2D eigenvalue weighted by atomic mass is 9.94. The topological polar surface area (TPSA) is 76.4 Å². The van der Waals surface area contributed by atoms with E-state index in [2.05, 4.69) is 11.4 Å². The van der Waals surface area contributed by atoms with E-state index >= 15 is 0 Å². The highest BCUT2D eigenvalue weighted by Crippen LogP contribution is 2.22. The molecule has 1 amide bonds. The van der Waals surface area contributed by atoms with Crippen LogP contribution in [0.3, 0.4) is 0 Å². The second kappa shape index (κ2) is 6.25. The fraction of sp³-hybridized carbons (Fsp3) is 0.500. The quantitative estimate of drug-likeness (QED) is 0.887. The molecule has 2 N–H and O–H groups in total. The number of amides is 1. The van der Waals surface area contributed by atoms with Gasteiger partial charge in [0.15, 0.2) is 0 Å². The monoisotopic (exact) mass is 287 g/mol. The maximum atomic E-state index is 12.3. The number of benzene rings is 1. The largest absolute Gasteiger partial charge is 0.389 e. The molecule has 2 unspecified atom stereocenters. The number of aliphatic hydroxyl groups is 1. The number of rotatable bonds is 3. The van der Waals surface area contributed by atoms with E-state index < -0.39 is 5.60 Å². The smallest absolute Gasteiger partial charge is 0.241 e. The van der Waals surface area contributed by atoms with Crippen LogP contribution in [0.5, 0.6) is 0 Å². The van der Waals surface area contributed by atoms with Gasteiger partial charge in [0, 0.05) is 6.54 Å². The van der Waals surface area contributed by atoms with E-state index in [-0.39, 0.29) is 11.9 Å². The van der Waals surface area contributed by atoms with E-state index in [0.29, 0.717) is 17.8 Å². The minimum absolute atomic E-state index is 0.157. The molecule has 0 radical (unpaired) electrons. The summed E-state index contributed by atoms with van der Waals surface area (Å²) in [6, 6.07) is 8.66. The summed E-state index contributed by atoms with van der Waals surface area (Å²) >= 11 is 0. The van der Waals surface area contributed by atoms with Gasteiger partial charge in [0.05, 0.1) is 22.9 Å². The molecule has 2 rings (SSSR count). The van der Waals surface area contributed by atoms with Crippen molar-refractivity contribution in [2.75, 3.05) is 18.4 Å². The molecule has 1 aliphatic heterocycles. The van der Waals surface area contributed by atoms with Crippen LogP contribution in [0.4, 0.5) is 5.69 Å². The normalized spacial score (nSPS) is 24.1. The minimum atomic E-state index is -0.739. The number of carbonyl (C=O) groups excluding carboxylic acids is 1. The fourth-order valence-corrected chi connectivity index (χ4v) is 2.68. The van der Waals surface area contributed by atoms with Gasteiger partial charge in [-0.15, -0.1) is 0 Å². The number of anilines is 1. The Bertz CT molecular complexity index is 563. The zero-order valence-corrected chi connectivity index (χ0v) is 12.5. The summed E-state index contributed by atoms with van der Waals surface area (Å²) < 4.78 is 0. The van der Waals surface area contributed by atoms with Crippen molar-refractivity contribution < 1.29 is 9.90 Å². The molecule has 1 aliphatic rings. The Morgan fingerprint density at radius 2 is 2.24 bits per heavy atom. The molecule has 0 aliphatic carbocycles. The molecule has 1 saturated heterocycles. The van der Waals surface area contributed by atoms with Gasteiger partial charge in [0.1, 0.15) is 6.07 Å². The van der Waals surface area contributed by atoms with Crippen molar-refractivity contribution in [2.24, 2.45) is 0 Å². The number of nitrogens with zero attached hydrogens (tertiary/aromatic N) is 2. The Hall–Kier alpha value is -1.90. The Morgan fingerprint density at radius 1 is 1.52 bits per heavy atom. The predicted molar refractivity (Wildman–Crippen MR) is 80.7 cm³/mol. The highest BCUT2D eigenvalue weighted by molar-refractivity contribution is 5.95. The van der Waals surface area contributed by atoms with Crippen molar-refractivity contribution in [3.63, 3.8) is 0 Å². The summed E-state index contributed by atoms with van der Waals surface area (Å²) in [6.07, 6.45) is 1.63. The van der Waals surface area contributed by atoms with E-state index in [1.54, 1.807) is 31.2 Å². The van der Waals surface area contributed by atoms with Gasteiger partial charge in [-0.1, -0.05) is 12.1 Å². The molecule has 1 aromatic carbocycles. The standard InChI is InChI=1S/C16H21N3O2/c1-12(19-9-5-8-16(2,21)11-19)15(20)18-14-7-4-3-6-13(14)10-17/h3-4,6-7,12,21H,5,8-9,11H2,1-2H3,(H,18,20). The molecule has 112 valence electrons. The molecule has 5 heteroatoms. The van der Waals surface area contributed by atoms with E-state index in [1.807, 2.05) is 11.8 Å². The van der Waals surface area contributed by atoms with Gasteiger partial charge in [-0.2, -0.15) is 5.26 Å². The number of β-amino-alcohol motifs (C(OH)–C–C–N with tert-alkyl or cyclic N) is 1. The lowest BCUT2D eigenvalue weighted by molar-refractivity contribution is -0.123. The van der Waals surface area contributed by atoms with Crippen LogP contribution in [-0.4, -0.2) is 40.6 Å². The third kappa shape index (κ3) is 3.81. The van der Waals surface area contributed by atoms with Crippen LogP contribution >= 0.6 is 0 Å². The first-order valence-corrected chi connectivity index (χ1v) is 7.19. The highest BCUT2D eigenvalue weighted by atomic mass is 16.3. The number of nitrogens with one attached hydrogen (secondary N) is 1. The molecule has 0 saturated carbocycles. The zero-order chi connectivity index (χ0) is 15.5. The minimum Gasteiger partial charge on any atom is -0.389 e. The molecule has 0 aromatic heterocycles. The average Bonchev–Trinajstić information content (AvgIpc) is 2.46. The van der Waals surface area contributed by atoms with Crippen molar-refractivity contribution in [3.8, 4) is 6.07 Å². The highest BCUT2D eigenvalue weighted by Gasteiger charge is 2.33. The Balaban J connectivity index is 2.05. The number of likely N-dealkylation sites (tertiary alicyclic amines) is 1. The second-order valence-electron chi connectivity index (χ2n) is 5.89. The molecule has 0 spiro atoms. The number of carbonyl (C=O) groups is 1. The summed E-state index contributed by atoms with van der Waals surface area (Å²) in [5.41, 5.74) is 0.237. The second-order valence-corrected chi connectivity index (χ2v) is 5.89. The molecule has 2 atom stereocenters. The SMILES string of the molecule is CC(C(=O)Nc1ccccc1C#N)N1CCCC(C)(O)C1. The van der Waals surface area contributed by atoms with Gasteiger partial charge in [-0.05, 0) is 45.4 Å². The Morgan fingerprint density at radius 3 is 2.90 bits per heavy atom. The van der Waals surface area contributed by atoms with Gasteiger partial charge in [-0.25, -0.2) is 0 Å². The average molecular weight is 287 g/mol. The zero-order valence-electron chi connectivity index (χ0n) is 12.5. The van der Waals surface area contributed by atoms with Gasteiger partial charge in [-0.3, -0.25) is 9.69 Å². The van der Waals surface area contributed by atoms with E-state index in [1.165, 1.54) is 0 Å². The summed E-state index contributed by atoms with van der Waals surface area (Å²) in [4.78, 5) is 14.3. The summed E-state index contributed by atoms with van der Waals surface area (Å²) in [7, 11) is 0. The maximum Gasteiger partial charge on any atom is 0.241 e. The van der Waals surface area contributed by atoms with Crippen LogP contribution in [0.2, 0.25) is 0 Å². The summed E-state index contributed by atoms with van der Waals surface area (Å²) in [6.45, 7) is 4.91. The molecule has 1 heterocycles.